The summed E-state index contributed by atoms with van der Waals surface area (Å²) in [5, 5.41) is 16.4. The van der Waals surface area contributed by atoms with Crippen molar-refractivity contribution in [1.82, 2.24) is 9.80 Å². The molecule has 12 heteroatoms. The lowest BCUT2D eigenvalue weighted by Gasteiger charge is -2.30. The van der Waals surface area contributed by atoms with E-state index in [1.807, 2.05) is 12.1 Å². The molecule has 8 nitrogen and oxygen atoms in total. The van der Waals surface area contributed by atoms with Gasteiger partial charge in [0.1, 0.15) is 17.9 Å². The fraction of sp³-hybridized carbons (Fsp3) is 0.360. The number of hydrogen-bond donors (Lipinski definition) is 2. The Hall–Kier alpha value is -3.98. The molecule has 3 rings (SSSR count). The van der Waals surface area contributed by atoms with Crippen molar-refractivity contribution in [2.24, 2.45) is 5.73 Å². The number of nitrogens with zero attached hydrogens (tertiary/aromatic N) is 3. The largest absolute Gasteiger partial charge is 0.490 e. The van der Waals surface area contributed by atoms with Gasteiger partial charge in [0.15, 0.2) is 0 Å². The first kappa shape index (κ1) is 29.3. The predicted molar refractivity (Wildman–Crippen MR) is 125 cm³/mol. The number of benzene rings is 2. The van der Waals surface area contributed by atoms with Crippen molar-refractivity contribution >= 4 is 17.8 Å². The maximum Gasteiger partial charge on any atom is 0.490 e. The number of carbonyl (C=O) groups excluding carboxylic acids is 2. The van der Waals surface area contributed by atoms with Crippen LogP contribution in [-0.4, -0.2) is 71.6 Å². The van der Waals surface area contributed by atoms with Crippen LogP contribution in [0.2, 0.25) is 0 Å². The highest BCUT2D eigenvalue weighted by atomic mass is 19.4. The minimum Gasteiger partial charge on any atom is -0.475 e. The molecule has 2 aromatic carbocycles. The summed E-state index contributed by atoms with van der Waals surface area (Å²) in [6, 6.07) is 13.9. The van der Waals surface area contributed by atoms with Gasteiger partial charge in [-0.1, -0.05) is 36.4 Å². The van der Waals surface area contributed by atoms with Gasteiger partial charge in [0, 0.05) is 20.6 Å². The SMILES string of the molecule is CN(C)C(=O)[C@@H](c1ccc(-c2ccc(F)cc2)cc1)[C@H](N)C(=O)N1CCC[C@H]1C#N.O=C(O)C(F)(F)F. The monoisotopic (exact) mass is 522 g/mol. The summed E-state index contributed by atoms with van der Waals surface area (Å²) in [6.07, 6.45) is -3.72. The Morgan fingerprint density at radius 3 is 2.00 bits per heavy atom. The number of amides is 2. The Bertz CT molecular complexity index is 1150. The average molecular weight is 522 g/mol. The number of aliphatic carboxylic acids is 1. The maximum atomic E-state index is 13.2. The number of carboxylic acids is 1. The van der Waals surface area contributed by atoms with Crippen LogP contribution >= 0.6 is 0 Å². The molecule has 1 aliphatic heterocycles. The topological polar surface area (TPSA) is 128 Å². The van der Waals surface area contributed by atoms with Crippen LogP contribution in [0.4, 0.5) is 17.6 Å². The lowest BCUT2D eigenvalue weighted by Crippen LogP contribution is -2.51. The third-order valence-corrected chi connectivity index (χ3v) is 5.73. The highest BCUT2D eigenvalue weighted by Crippen LogP contribution is 2.28. The number of carboxylic acid groups (broad SMARTS) is 1. The average Bonchev–Trinajstić information content (AvgIpc) is 3.33. The molecule has 2 amide bonds. The summed E-state index contributed by atoms with van der Waals surface area (Å²) in [7, 11) is 3.24. The molecule has 0 aliphatic carbocycles. The smallest absolute Gasteiger partial charge is 0.475 e. The van der Waals surface area contributed by atoms with Crippen molar-refractivity contribution in [3.05, 3.63) is 59.9 Å². The van der Waals surface area contributed by atoms with Crippen LogP contribution in [0.15, 0.2) is 48.5 Å². The van der Waals surface area contributed by atoms with Crippen LogP contribution in [0.5, 0.6) is 0 Å². The molecule has 1 heterocycles. The third-order valence-electron chi connectivity index (χ3n) is 5.73. The highest BCUT2D eigenvalue weighted by Gasteiger charge is 2.39. The summed E-state index contributed by atoms with van der Waals surface area (Å²) in [5.41, 5.74) is 8.62. The molecular formula is C25H26F4N4O4. The Labute approximate surface area is 210 Å². The Morgan fingerprint density at radius 1 is 1.08 bits per heavy atom. The normalized spacial score (nSPS) is 16.6. The van der Waals surface area contributed by atoms with Gasteiger partial charge in [-0.3, -0.25) is 9.59 Å². The number of halogens is 4. The van der Waals surface area contributed by atoms with Crippen molar-refractivity contribution in [2.45, 2.75) is 37.0 Å². The second kappa shape index (κ2) is 12.3. The van der Waals surface area contributed by atoms with Crippen molar-refractivity contribution in [3.8, 4) is 17.2 Å². The van der Waals surface area contributed by atoms with Gasteiger partial charge in [-0.2, -0.15) is 18.4 Å². The summed E-state index contributed by atoms with van der Waals surface area (Å²) < 4.78 is 44.9. The maximum absolute atomic E-state index is 13.2. The van der Waals surface area contributed by atoms with E-state index < -0.39 is 30.1 Å². The van der Waals surface area contributed by atoms with Crippen LogP contribution in [0.1, 0.15) is 24.3 Å². The standard InChI is InChI=1S/C23H25FN4O2.C2HF3O2/c1-27(2)22(29)20(21(26)23(30)28-13-3-4-19(28)14-25)17-7-5-15(6-8-17)16-9-11-18(24)12-10-16;3-2(4,5)1(6)7/h5-12,19-21H,3-4,13,26H2,1-2H3;(H,6,7)/t19-,20-,21-;/m0./s1. The molecule has 2 aromatic rings. The van der Waals surface area contributed by atoms with Crippen molar-refractivity contribution in [1.29, 1.82) is 5.26 Å². The Kier molecular flexibility index (Phi) is 9.74. The molecule has 3 atom stereocenters. The summed E-state index contributed by atoms with van der Waals surface area (Å²) >= 11 is 0. The van der Waals surface area contributed by atoms with E-state index in [1.165, 1.54) is 21.9 Å². The number of carbonyl (C=O) groups is 3. The number of nitrogens with two attached hydrogens (primary N) is 1. The highest BCUT2D eigenvalue weighted by molar-refractivity contribution is 5.93. The molecule has 0 spiro atoms. The van der Waals surface area contributed by atoms with E-state index in [9.17, 15) is 32.4 Å². The van der Waals surface area contributed by atoms with E-state index in [1.54, 1.807) is 38.4 Å². The van der Waals surface area contributed by atoms with Gasteiger partial charge in [-0.05, 0) is 41.7 Å². The molecule has 0 aromatic heterocycles. The quantitative estimate of drug-likeness (QED) is 0.581. The van der Waals surface area contributed by atoms with Crippen LogP contribution < -0.4 is 5.73 Å². The number of alkyl halides is 3. The van der Waals surface area contributed by atoms with Crippen molar-refractivity contribution in [3.63, 3.8) is 0 Å². The van der Waals surface area contributed by atoms with Gasteiger partial charge in [-0.25, -0.2) is 9.18 Å². The zero-order valence-electron chi connectivity index (χ0n) is 20.1. The van der Waals surface area contributed by atoms with Crippen LogP contribution in [0.3, 0.4) is 0 Å². The lowest BCUT2D eigenvalue weighted by atomic mass is 9.88. The number of rotatable bonds is 5. The van der Waals surface area contributed by atoms with E-state index in [-0.39, 0.29) is 17.6 Å². The van der Waals surface area contributed by atoms with Crippen molar-refractivity contribution in [2.75, 3.05) is 20.6 Å². The molecule has 0 unspecified atom stereocenters. The van der Waals surface area contributed by atoms with Crippen LogP contribution in [0.25, 0.3) is 11.1 Å². The number of likely N-dealkylation sites (tertiary alicyclic amines) is 1. The van der Waals surface area contributed by atoms with E-state index in [0.29, 0.717) is 18.5 Å². The van der Waals surface area contributed by atoms with Gasteiger partial charge in [0.05, 0.1) is 12.0 Å². The van der Waals surface area contributed by atoms with Gasteiger partial charge in [0.25, 0.3) is 0 Å². The summed E-state index contributed by atoms with van der Waals surface area (Å²) in [6.45, 7) is 0.469. The van der Waals surface area contributed by atoms with E-state index >= 15 is 0 Å². The molecule has 0 bridgehead atoms. The Balaban J connectivity index is 0.000000604. The first-order valence-electron chi connectivity index (χ1n) is 11.1. The fourth-order valence-electron chi connectivity index (χ4n) is 3.81. The van der Waals surface area contributed by atoms with E-state index in [4.69, 9.17) is 15.6 Å². The molecular weight excluding hydrogens is 496 g/mol. The minimum atomic E-state index is -5.08. The van der Waals surface area contributed by atoms with Gasteiger partial charge in [-0.15, -0.1) is 0 Å². The van der Waals surface area contributed by atoms with Crippen molar-refractivity contribution < 1.29 is 37.1 Å². The number of likely N-dealkylation sites (N-methyl/N-ethyl adjacent to an activating group) is 1. The first-order chi connectivity index (χ1) is 17.3. The van der Waals surface area contributed by atoms with E-state index in [0.717, 1.165) is 17.5 Å². The van der Waals surface area contributed by atoms with Gasteiger partial charge >= 0.3 is 12.1 Å². The van der Waals surface area contributed by atoms with Gasteiger partial charge < -0.3 is 20.6 Å². The van der Waals surface area contributed by atoms with Crippen LogP contribution in [0, 0.1) is 17.1 Å². The molecule has 1 aliphatic rings. The predicted octanol–water partition coefficient (Wildman–Crippen LogP) is 3.14. The lowest BCUT2D eigenvalue weighted by molar-refractivity contribution is -0.192. The Morgan fingerprint density at radius 2 is 1.57 bits per heavy atom. The molecule has 1 saturated heterocycles. The van der Waals surface area contributed by atoms with E-state index in [2.05, 4.69) is 6.07 Å². The zero-order chi connectivity index (χ0) is 27.9. The molecule has 0 saturated carbocycles. The van der Waals surface area contributed by atoms with Gasteiger partial charge in [0.2, 0.25) is 11.8 Å². The fourth-order valence-corrected chi connectivity index (χ4v) is 3.81. The number of nitriles is 1. The minimum absolute atomic E-state index is 0.280. The first-order valence-corrected chi connectivity index (χ1v) is 11.1. The van der Waals surface area contributed by atoms with Crippen LogP contribution in [-0.2, 0) is 14.4 Å². The molecule has 37 heavy (non-hydrogen) atoms. The molecule has 3 N–H and O–H groups in total. The molecule has 1 fully saturated rings. The summed E-state index contributed by atoms with van der Waals surface area (Å²) in [5.74, 6) is -4.60. The summed E-state index contributed by atoms with van der Waals surface area (Å²) in [4.78, 5) is 37.7. The second-order valence-electron chi connectivity index (χ2n) is 8.49. The second-order valence-corrected chi connectivity index (χ2v) is 8.49. The third kappa shape index (κ3) is 7.50. The number of hydrogen-bond acceptors (Lipinski definition) is 5. The molecule has 0 radical (unpaired) electrons. The molecule has 198 valence electrons. The zero-order valence-corrected chi connectivity index (χ0v) is 20.1.